The Morgan fingerprint density at radius 2 is 2.04 bits per heavy atom. The summed E-state index contributed by atoms with van der Waals surface area (Å²) in [6, 6.07) is 8.04. The maximum Gasteiger partial charge on any atom is 0.251 e. The Morgan fingerprint density at radius 1 is 1.25 bits per heavy atom. The highest BCUT2D eigenvalue weighted by molar-refractivity contribution is 9.10. The summed E-state index contributed by atoms with van der Waals surface area (Å²) in [6.07, 6.45) is 2.19. The van der Waals surface area contributed by atoms with Crippen LogP contribution >= 0.6 is 39.1 Å². The van der Waals surface area contributed by atoms with Crippen LogP contribution in [0.3, 0.4) is 0 Å². The van der Waals surface area contributed by atoms with Gasteiger partial charge in [-0.15, -0.1) is 0 Å². The number of halogens is 3. The molecule has 1 aromatic heterocycles. The van der Waals surface area contributed by atoms with Gasteiger partial charge >= 0.3 is 0 Å². The third-order valence-electron chi connectivity index (χ3n) is 3.06. The summed E-state index contributed by atoms with van der Waals surface area (Å²) in [7, 11) is 0. The van der Waals surface area contributed by atoms with Crippen molar-refractivity contribution in [3.05, 3.63) is 61.4 Å². The lowest BCUT2D eigenvalue weighted by molar-refractivity contribution is -0.121. The van der Waals surface area contributed by atoms with Gasteiger partial charge in [0, 0.05) is 28.3 Å². The molecular weight excluding hydrogens is 419 g/mol. The summed E-state index contributed by atoms with van der Waals surface area (Å²) in [5.41, 5.74) is -0.228. The Hall–Kier alpha value is -1.50. The molecule has 0 saturated carbocycles. The highest BCUT2D eigenvalue weighted by Crippen LogP contribution is 2.27. The van der Waals surface area contributed by atoms with E-state index >= 15 is 0 Å². The van der Waals surface area contributed by atoms with Crippen LogP contribution in [-0.2, 0) is 11.3 Å². The summed E-state index contributed by atoms with van der Waals surface area (Å²) in [5, 5.41) is 3.73. The summed E-state index contributed by atoms with van der Waals surface area (Å²) in [6.45, 7) is 0.813. The number of nitrogens with zero attached hydrogens (tertiary/aromatic N) is 1. The van der Waals surface area contributed by atoms with E-state index in [1.165, 1.54) is 10.6 Å². The van der Waals surface area contributed by atoms with E-state index in [0.29, 0.717) is 35.4 Å². The maximum atomic E-state index is 11.8. The predicted octanol–water partition coefficient (Wildman–Crippen LogP) is 3.50. The molecule has 0 aliphatic rings. The molecule has 2 rings (SSSR count). The van der Waals surface area contributed by atoms with Crippen molar-refractivity contribution in [3.63, 3.8) is 0 Å². The van der Waals surface area contributed by atoms with Crippen LogP contribution in [0.15, 0.2) is 45.8 Å². The molecule has 5 nitrogen and oxygen atoms in total. The smallest absolute Gasteiger partial charge is 0.251 e. The predicted molar refractivity (Wildman–Crippen MR) is 98.0 cm³/mol. The van der Waals surface area contributed by atoms with Gasteiger partial charge in [-0.05, 0) is 46.6 Å². The zero-order valence-electron chi connectivity index (χ0n) is 12.6. The zero-order valence-corrected chi connectivity index (χ0v) is 15.7. The molecule has 0 saturated heterocycles. The largest absolute Gasteiger partial charge is 0.492 e. The van der Waals surface area contributed by atoms with Gasteiger partial charge in [-0.3, -0.25) is 9.59 Å². The molecule has 1 N–H and O–H groups in total. The second kappa shape index (κ2) is 9.11. The van der Waals surface area contributed by atoms with Crippen LogP contribution in [0.1, 0.15) is 6.42 Å². The van der Waals surface area contributed by atoms with E-state index in [9.17, 15) is 9.59 Å². The summed E-state index contributed by atoms with van der Waals surface area (Å²) in [5.74, 6) is 0.313. The van der Waals surface area contributed by atoms with Crippen molar-refractivity contribution in [3.8, 4) is 5.75 Å². The molecule has 0 atom stereocenters. The SMILES string of the molecule is O=C(Cn1cc(Br)ccc1=O)NCCCOc1ccc(Cl)cc1Cl. The van der Waals surface area contributed by atoms with Crippen molar-refractivity contribution in [2.75, 3.05) is 13.2 Å². The number of aromatic nitrogens is 1. The molecule has 0 radical (unpaired) electrons. The summed E-state index contributed by atoms with van der Waals surface area (Å²) < 4.78 is 7.60. The number of hydrogen-bond donors (Lipinski definition) is 1. The van der Waals surface area contributed by atoms with Crippen molar-refractivity contribution < 1.29 is 9.53 Å². The molecule has 0 spiro atoms. The lowest BCUT2D eigenvalue weighted by Gasteiger charge is -2.10. The van der Waals surface area contributed by atoms with Gasteiger partial charge < -0.3 is 14.6 Å². The number of hydrogen-bond acceptors (Lipinski definition) is 3. The first kappa shape index (κ1) is 18.8. The van der Waals surface area contributed by atoms with Crippen LogP contribution in [0.5, 0.6) is 5.75 Å². The Labute approximate surface area is 157 Å². The molecule has 0 bridgehead atoms. The molecule has 24 heavy (non-hydrogen) atoms. The number of ether oxygens (including phenoxy) is 1. The van der Waals surface area contributed by atoms with Crippen molar-refractivity contribution in [2.24, 2.45) is 0 Å². The van der Waals surface area contributed by atoms with Crippen LogP contribution in [0, 0.1) is 0 Å². The number of carbonyl (C=O) groups excluding carboxylic acids is 1. The van der Waals surface area contributed by atoms with E-state index in [1.807, 2.05) is 0 Å². The quantitative estimate of drug-likeness (QED) is 0.679. The third kappa shape index (κ3) is 5.85. The minimum absolute atomic E-state index is 0.0257. The van der Waals surface area contributed by atoms with Gasteiger partial charge in [0.2, 0.25) is 5.91 Å². The van der Waals surface area contributed by atoms with Crippen LogP contribution in [-0.4, -0.2) is 23.6 Å². The Bertz CT molecular complexity index is 780. The molecule has 1 amide bonds. The van der Waals surface area contributed by atoms with Gasteiger partial charge in [0.25, 0.3) is 5.56 Å². The van der Waals surface area contributed by atoms with Gasteiger partial charge in [0.05, 0.1) is 11.6 Å². The lowest BCUT2D eigenvalue weighted by Crippen LogP contribution is -2.32. The molecule has 0 fully saturated rings. The number of carbonyl (C=O) groups is 1. The monoisotopic (exact) mass is 432 g/mol. The molecule has 0 aliphatic heterocycles. The van der Waals surface area contributed by atoms with Gasteiger partial charge in [-0.1, -0.05) is 23.2 Å². The topological polar surface area (TPSA) is 60.3 Å². The second-order valence-corrected chi connectivity index (χ2v) is 6.70. The van der Waals surface area contributed by atoms with Gasteiger partial charge in [-0.25, -0.2) is 0 Å². The molecular formula is C16H15BrCl2N2O3. The van der Waals surface area contributed by atoms with Gasteiger partial charge in [0.1, 0.15) is 12.3 Å². The fourth-order valence-corrected chi connectivity index (χ4v) is 2.75. The standard InChI is InChI=1S/C16H15BrCl2N2O3/c17-11-2-5-16(23)21(9-11)10-15(22)20-6-1-7-24-14-4-3-12(18)8-13(14)19/h2-5,8-9H,1,6-7,10H2,(H,20,22). The van der Waals surface area contributed by atoms with Crippen molar-refractivity contribution in [1.29, 1.82) is 0 Å². The summed E-state index contributed by atoms with van der Waals surface area (Å²) >= 11 is 15.1. The Balaban J connectivity index is 1.71. The summed E-state index contributed by atoms with van der Waals surface area (Å²) in [4.78, 5) is 23.5. The number of nitrogens with one attached hydrogen (secondary N) is 1. The molecule has 128 valence electrons. The minimum atomic E-state index is -0.236. The van der Waals surface area contributed by atoms with E-state index in [1.54, 1.807) is 30.5 Å². The average molecular weight is 434 g/mol. The van der Waals surface area contributed by atoms with Crippen molar-refractivity contribution in [2.45, 2.75) is 13.0 Å². The number of amides is 1. The van der Waals surface area contributed by atoms with E-state index < -0.39 is 0 Å². The zero-order chi connectivity index (χ0) is 17.5. The van der Waals surface area contributed by atoms with Crippen LogP contribution < -0.4 is 15.6 Å². The van der Waals surface area contributed by atoms with Crippen LogP contribution in [0.4, 0.5) is 0 Å². The molecule has 0 unspecified atom stereocenters. The highest BCUT2D eigenvalue weighted by Gasteiger charge is 2.05. The second-order valence-electron chi connectivity index (χ2n) is 4.94. The molecule has 8 heteroatoms. The molecule has 2 aromatic rings. The molecule has 1 aromatic carbocycles. The van der Waals surface area contributed by atoms with E-state index in [-0.39, 0.29) is 18.0 Å². The number of rotatable bonds is 7. The van der Waals surface area contributed by atoms with Crippen molar-refractivity contribution >= 4 is 45.0 Å². The lowest BCUT2D eigenvalue weighted by atomic mass is 10.3. The van der Waals surface area contributed by atoms with Crippen molar-refractivity contribution in [1.82, 2.24) is 9.88 Å². The van der Waals surface area contributed by atoms with E-state index in [0.717, 1.165) is 4.47 Å². The third-order valence-corrected chi connectivity index (χ3v) is 4.06. The first-order chi connectivity index (χ1) is 11.5. The van der Waals surface area contributed by atoms with Crippen LogP contribution in [0.25, 0.3) is 0 Å². The van der Waals surface area contributed by atoms with Gasteiger partial charge in [0.15, 0.2) is 0 Å². The highest BCUT2D eigenvalue weighted by atomic mass is 79.9. The van der Waals surface area contributed by atoms with Gasteiger partial charge in [-0.2, -0.15) is 0 Å². The van der Waals surface area contributed by atoms with E-state index in [2.05, 4.69) is 21.2 Å². The normalized spacial score (nSPS) is 10.5. The maximum absolute atomic E-state index is 11.8. The Kier molecular flexibility index (Phi) is 7.15. The Morgan fingerprint density at radius 3 is 2.79 bits per heavy atom. The fraction of sp³-hybridized carbons (Fsp3) is 0.250. The minimum Gasteiger partial charge on any atom is -0.492 e. The number of pyridine rings is 1. The average Bonchev–Trinajstić information content (AvgIpc) is 2.52. The number of benzene rings is 1. The first-order valence-corrected chi connectivity index (χ1v) is 8.71. The molecule has 1 heterocycles. The molecule has 0 aliphatic carbocycles. The van der Waals surface area contributed by atoms with E-state index in [4.69, 9.17) is 27.9 Å². The fourth-order valence-electron chi connectivity index (χ4n) is 1.91. The van der Waals surface area contributed by atoms with Crippen LogP contribution in [0.2, 0.25) is 10.0 Å². The first-order valence-electron chi connectivity index (χ1n) is 7.16.